The van der Waals surface area contributed by atoms with Crippen LogP contribution in [0.25, 0.3) is 22.6 Å². The number of aromatic amines is 1. The second-order valence-corrected chi connectivity index (χ2v) is 8.09. The number of benzene rings is 1. The number of imidazole rings is 1. The molecule has 164 valence electrons. The number of ether oxygens (including phenoxy) is 1. The maximum Gasteiger partial charge on any atom is 0.257 e. The number of hydrogen-bond acceptors (Lipinski definition) is 6. The van der Waals surface area contributed by atoms with Gasteiger partial charge in [-0.05, 0) is 43.7 Å². The first-order valence-electron chi connectivity index (χ1n) is 10.5. The molecule has 3 N–H and O–H groups in total. The molecule has 0 saturated carbocycles. The Bertz CT molecular complexity index is 1050. The number of likely N-dealkylation sites (N-methyl/N-ethyl adjacent to an activating group) is 1. The Morgan fingerprint density at radius 3 is 2.90 bits per heavy atom. The van der Waals surface area contributed by atoms with Gasteiger partial charge in [0.25, 0.3) is 5.91 Å². The van der Waals surface area contributed by atoms with Crippen LogP contribution < -0.4 is 15.4 Å². The summed E-state index contributed by atoms with van der Waals surface area (Å²) in [5.74, 6) is 1.14. The maximum absolute atomic E-state index is 11.3. The van der Waals surface area contributed by atoms with Crippen LogP contribution in [0.5, 0.6) is 5.75 Å². The summed E-state index contributed by atoms with van der Waals surface area (Å²) >= 11 is 6.49. The van der Waals surface area contributed by atoms with E-state index in [4.69, 9.17) is 16.3 Å². The van der Waals surface area contributed by atoms with E-state index in [9.17, 15) is 4.79 Å². The van der Waals surface area contributed by atoms with Crippen molar-refractivity contribution in [1.29, 1.82) is 0 Å². The van der Waals surface area contributed by atoms with E-state index in [2.05, 4.69) is 37.4 Å². The fourth-order valence-corrected chi connectivity index (χ4v) is 4.01. The number of fused-ring (bicyclic) bond motifs is 1. The molecule has 3 aromatic rings. The molecule has 8 nitrogen and oxygen atoms in total. The second-order valence-electron chi connectivity index (χ2n) is 7.68. The lowest BCUT2D eigenvalue weighted by molar-refractivity contribution is -0.122. The summed E-state index contributed by atoms with van der Waals surface area (Å²) in [5, 5.41) is 6.71. The Morgan fingerprint density at radius 2 is 2.16 bits per heavy atom. The van der Waals surface area contributed by atoms with Gasteiger partial charge in [0, 0.05) is 31.7 Å². The molecule has 0 aliphatic carbocycles. The third-order valence-corrected chi connectivity index (χ3v) is 5.70. The molecular weight excluding hydrogens is 416 g/mol. The van der Waals surface area contributed by atoms with Crippen LogP contribution in [0.15, 0.2) is 30.5 Å². The average Bonchev–Trinajstić information content (AvgIpc) is 3.41. The van der Waals surface area contributed by atoms with Gasteiger partial charge in [0.15, 0.2) is 12.3 Å². The summed E-state index contributed by atoms with van der Waals surface area (Å²) in [5.41, 5.74) is 3.16. The molecule has 0 spiro atoms. The highest BCUT2D eigenvalue weighted by molar-refractivity contribution is 6.34. The molecule has 2 aromatic heterocycles. The highest BCUT2D eigenvalue weighted by Crippen LogP contribution is 2.32. The van der Waals surface area contributed by atoms with Gasteiger partial charge in [-0.3, -0.25) is 4.79 Å². The second kappa shape index (κ2) is 9.53. The van der Waals surface area contributed by atoms with Crippen molar-refractivity contribution in [1.82, 2.24) is 25.2 Å². The molecule has 1 aliphatic rings. The minimum Gasteiger partial charge on any atom is -0.484 e. The topological polar surface area (TPSA) is 95.2 Å². The van der Waals surface area contributed by atoms with Gasteiger partial charge >= 0.3 is 0 Å². The van der Waals surface area contributed by atoms with E-state index < -0.39 is 0 Å². The first-order valence-corrected chi connectivity index (χ1v) is 10.9. The number of likely N-dealkylation sites (tertiary alicyclic amines) is 1. The molecule has 3 heterocycles. The Balaban J connectivity index is 1.53. The van der Waals surface area contributed by atoms with Gasteiger partial charge in [-0.15, -0.1) is 0 Å². The van der Waals surface area contributed by atoms with Crippen LogP contribution in [0.1, 0.15) is 19.8 Å². The van der Waals surface area contributed by atoms with E-state index in [1.807, 2.05) is 24.3 Å². The first-order chi connectivity index (χ1) is 15.1. The number of pyridine rings is 1. The number of H-pyrrole nitrogens is 1. The predicted molar refractivity (Wildman–Crippen MR) is 123 cm³/mol. The monoisotopic (exact) mass is 442 g/mol. The number of rotatable bonds is 8. The van der Waals surface area contributed by atoms with Crippen LogP contribution in [0.3, 0.4) is 0 Å². The van der Waals surface area contributed by atoms with Crippen molar-refractivity contribution in [2.45, 2.75) is 25.8 Å². The molecular formula is C22H27ClN6O2. The summed E-state index contributed by atoms with van der Waals surface area (Å²) in [6.45, 7) is 5.41. The largest absolute Gasteiger partial charge is 0.484 e. The number of halogens is 1. The summed E-state index contributed by atoms with van der Waals surface area (Å²) in [7, 11) is 1.58. The number of nitrogens with one attached hydrogen (secondary N) is 3. The lowest BCUT2D eigenvalue weighted by Gasteiger charge is -2.17. The molecule has 9 heteroatoms. The van der Waals surface area contributed by atoms with Crippen LogP contribution in [0.2, 0.25) is 5.02 Å². The first kappa shape index (κ1) is 21.4. The number of carbonyl (C=O) groups excluding carboxylic acids is 1. The predicted octanol–water partition coefficient (Wildman–Crippen LogP) is 3.30. The van der Waals surface area contributed by atoms with Crippen molar-refractivity contribution < 1.29 is 9.53 Å². The lowest BCUT2D eigenvalue weighted by atomic mass is 10.2. The molecule has 1 saturated heterocycles. The van der Waals surface area contributed by atoms with Crippen LogP contribution >= 0.6 is 11.6 Å². The number of anilines is 1. The van der Waals surface area contributed by atoms with Gasteiger partial charge in [0.05, 0.1) is 16.9 Å². The third kappa shape index (κ3) is 4.91. The lowest BCUT2D eigenvalue weighted by Crippen LogP contribution is -2.27. The highest BCUT2D eigenvalue weighted by atomic mass is 35.5. The molecule has 1 aromatic carbocycles. The Kier molecular flexibility index (Phi) is 6.58. The number of carbonyl (C=O) groups is 1. The molecule has 4 rings (SSSR count). The van der Waals surface area contributed by atoms with Gasteiger partial charge in [-0.1, -0.05) is 18.5 Å². The van der Waals surface area contributed by atoms with E-state index in [1.54, 1.807) is 13.2 Å². The van der Waals surface area contributed by atoms with Crippen molar-refractivity contribution in [2.75, 3.05) is 38.6 Å². The van der Waals surface area contributed by atoms with E-state index >= 15 is 0 Å². The Hall–Kier alpha value is -2.84. The zero-order valence-electron chi connectivity index (χ0n) is 17.7. The van der Waals surface area contributed by atoms with Crippen LogP contribution in [0.4, 0.5) is 5.69 Å². The minimum absolute atomic E-state index is 0.0191. The van der Waals surface area contributed by atoms with Crippen molar-refractivity contribution >= 4 is 34.4 Å². The molecule has 0 unspecified atom stereocenters. The number of nitrogens with zero attached hydrogens (tertiary/aromatic N) is 3. The smallest absolute Gasteiger partial charge is 0.257 e. The van der Waals surface area contributed by atoms with Gasteiger partial charge in [0.2, 0.25) is 0 Å². The summed E-state index contributed by atoms with van der Waals surface area (Å²) < 4.78 is 5.46. The van der Waals surface area contributed by atoms with Crippen molar-refractivity contribution in [2.24, 2.45) is 0 Å². The molecule has 0 radical (unpaired) electrons. The molecule has 1 amide bonds. The van der Waals surface area contributed by atoms with Crippen LogP contribution in [0, 0.1) is 0 Å². The SMILES string of the molecule is CCCN1CC[C@H](Nc2c(Cl)cnc3nc(-c4ccc(OCC(=O)NC)cc4)[nH]c23)C1. The van der Waals surface area contributed by atoms with E-state index in [0.717, 1.165) is 49.2 Å². The quantitative estimate of drug-likeness (QED) is 0.495. The zero-order chi connectivity index (χ0) is 21.8. The fourth-order valence-electron chi connectivity index (χ4n) is 3.82. The van der Waals surface area contributed by atoms with Crippen molar-refractivity contribution in [3.05, 3.63) is 35.5 Å². The Labute approximate surface area is 186 Å². The molecule has 1 fully saturated rings. The molecule has 1 aliphatic heterocycles. The third-order valence-electron chi connectivity index (χ3n) is 5.41. The minimum atomic E-state index is -0.176. The number of amides is 1. The maximum atomic E-state index is 11.3. The zero-order valence-corrected chi connectivity index (χ0v) is 18.5. The van der Waals surface area contributed by atoms with Crippen molar-refractivity contribution in [3.8, 4) is 17.1 Å². The van der Waals surface area contributed by atoms with Crippen LogP contribution in [-0.2, 0) is 4.79 Å². The average molecular weight is 443 g/mol. The summed E-state index contributed by atoms with van der Waals surface area (Å²) in [6.07, 6.45) is 3.89. The number of aromatic nitrogens is 3. The highest BCUT2D eigenvalue weighted by Gasteiger charge is 2.24. The van der Waals surface area contributed by atoms with Gasteiger partial charge in [-0.2, -0.15) is 0 Å². The van der Waals surface area contributed by atoms with Gasteiger partial charge in [0.1, 0.15) is 17.1 Å². The molecule has 31 heavy (non-hydrogen) atoms. The molecule has 1 atom stereocenters. The van der Waals surface area contributed by atoms with E-state index in [1.165, 1.54) is 0 Å². The van der Waals surface area contributed by atoms with Gasteiger partial charge < -0.3 is 25.3 Å². The summed E-state index contributed by atoms with van der Waals surface area (Å²) in [6, 6.07) is 7.76. The van der Waals surface area contributed by atoms with E-state index in [-0.39, 0.29) is 12.5 Å². The van der Waals surface area contributed by atoms with Gasteiger partial charge in [-0.25, -0.2) is 9.97 Å². The standard InChI is InChI=1S/C22H27ClN6O2/c1-3-9-29-10-8-15(12-29)26-19-17(23)11-25-22-20(19)27-21(28-22)14-4-6-16(7-5-14)31-13-18(30)24-2/h4-7,11,15H,3,8-10,12-13H2,1-2H3,(H,24,30)(H2,25,26,27,28)/t15-/m0/s1. The Morgan fingerprint density at radius 1 is 1.35 bits per heavy atom. The number of hydrogen-bond donors (Lipinski definition) is 3. The molecule has 0 bridgehead atoms. The summed E-state index contributed by atoms with van der Waals surface area (Å²) in [4.78, 5) is 26.2. The fraction of sp³-hybridized carbons (Fsp3) is 0.409. The van der Waals surface area contributed by atoms with E-state index in [0.29, 0.717) is 28.3 Å². The van der Waals surface area contributed by atoms with Crippen LogP contribution in [-0.4, -0.2) is 65.1 Å². The normalized spacial score (nSPS) is 16.5. The van der Waals surface area contributed by atoms with Crippen molar-refractivity contribution in [3.63, 3.8) is 0 Å².